The van der Waals surface area contributed by atoms with Gasteiger partial charge in [0, 0.05) is 19.3 Å². The number of piperidine rings is 1. The van der Waals surface area contributed by atoms with Crippen molar-refractivity contribution in [3.63, 3.8) is 0 Å². The van der Waals surface area contributed by atoms with Crippen LogP contribution in [0.15, 0.2) is 12.3 Å². The summed E-state index contributed by atoms with van der Waals surface area (Å²) in [7, 11) is 0. The molecule has 1 aromatic heterocycles. The Morgan fingerprint density at radius 3 is 2.61 bits per heavy atom. The lowest BCUT2D eigenvalue weighted by molar-refractivity contribution is 0.00650. The maximum Gasteiger partial charge on any atom is 0.131 e. The summed E-state index contributed by atoms with van der Waals surface area (Å²) in [5.74, 6) is 0.378. The Morgan fingerprint density at radius 1 is 1.44 bits per heavy atom. The SMILES string of the molecule is CC(C)(O)C1CCN(c2cc(Cl)ncc2I)CC1. The van der Waals surface area contributed by atoms with Crippen molar-refractivity contribution in [2.75, 3.05) is 18.0 Å². The van der Waals surface area contributed by atoms with Crippen molar-refractivity contribution in [3.05, 3.63) is 21.0 Å². The van der Waals surface area contributed by atoms with Crippen molar-refractivity contribution in [1.82, 2.24) is 4.98 Å². The van der Waals surface area contributed by atoms with E-state index >= 15 is 0 Å². The molecule has 0 radical (unpaired) electrons. The second kappa shape index (κ2) is 5.51. The van der Waals surface area contributed by atoms with Gasteiger partial charge in [0.05, 0.1) is 14.9 Å². The number of halogens is 2. The minimum Gasteiger partial charge on any atom is -0.390 e. The van der Waals surface area contributed by atoms with Gasteiger partial charge in [-0.25, -0.2) is 4.98 Å². The average Bonchev–Trinajstić information content (AvgIpc) is 2.31. The first-order valence-electron chi connectivity index (χ1n) is 6.16. The molecule has 2 heterocycles. The van der Waals surface area contributed by atoms with Gasteiger partial charge in [-0.2, -0.15) is 0 Å². The summed E-state index contributed by atoms with van der Waals surface area (Å²) in [5, 5.41) is 10.6. The Balaban J connectivity index is 2.08. The van der Waals surface area contributed by atoms with Gasteiger partial charge < -0.3 is 10.0 Å². The van der Waals surface area contributed by atoms with Crippen LogP contribution in [0.5, 0.6) is 0 Å². The first kappa shape index (κ1) is 14.3. The normalized spacial score (nSPS) is 18.2. The van der Waals surface area contributed by atoms with Crippen LogP contribution >= 0.6 is 34.2 Å². The van der Waals surface area contributed by atoms with Crippen LogP contribution in [-0.4, -0.2) is 28.8 Å². The van der Waals surface area contributed by atoms with Crippen molar-refractivity contribution < 1.29 is 5.11 Å². The van der Waals surface area contributed by atoms with Gasteiger partial charge in [-0.3, -0.25) is 0 Å². The number of rotatable bonds is 2. The van der Waals surface area contributed by atoms with Crippen molar-refractivity contribution in [2.24, 2.45) is 5.92 Å². The summed E-state index contributed by atoms with van der Waals surface area (Å²) in [6.45, 7) is 5.73. The Morgan fingerprint density at radius 2 is 2.06 bits per heavy atom. The maximum atomic E-state index is 10.0. The number of anilines is 1. The minimum atomic E-state index is -0.574. The molecule has 1 saturated heterocycles. The Kier molecular flexibility index (Phi) is 4.39. The zero-order valence-corrected chi connectivity index (χ0v) is 13.6. The third-order valence-electron chi connectivity index (χ3n) is 3.64. The van der Waals surface area contributed by atoms with Crippen molar-refractivity contribution in [1.29, 1.82) is 0 Å². The molecule has 0 unspecified atom stereocenters. The lowest BCUT2D eigenvalue weighted by Crippen LogP contribution is -2.42. The predicted molar refractivity (Wildman–Crippen MR) is 83.2 cm³/mol. The van der Waals surface area contributed by atoms with Gasteiger partial charge >= 0.3 is 0 Å². The molecule has 18 heavy (non-hydrogen) atoms. The van der Waals surface area contributed by atoms with E-state index in [1.165, 1.54) is 0 Å². The van der Waals surface area contributed by atoms with E-state index in [9.17, 15) is 5.11 Å². The van der Waals surface area contributed by atoms with Crippen LogP contribution < -0.4 is 4.90 Å². The van der Waals surface area contributed by atoms with E-state index in [0.717, 1.165) is 35.2 Å². The van der Waals surface area contributed by atoms with Gasteiger partial charge in [-0.1, -0.05) is 11.6 Å². The maximum absolute atomic E-state index is 10.0. The fourth-order valence-electron chi connectivity index (χ4n) is 2.47. The molecule has 0 spiro atoms. The van der Waals surface area contributed by atoms with Crippen LogP contribution in [0.3, 0.4) is 0 Å². The quantitative estimate of drug-likeness (QED) is 0.631. The Labute approximate surface area is 127 Å². The largest absolute Gasteiger partial charge is 0.390 e. The molecule has 0 atom stereocenters. The van der Waals surface area contributed by atoms with Gasteiger partial charge in [0.25, 0.3) is 0 Å². The molecule has 1 aromatic rings. The number of hydrogen-bond acceptors (Lipinski definition) is 3. The van der Waals surface area contributed by atoms with Crippen molar-refractivity contribution in [3.8, 4) is 0 Å². The molecule has 0 aromatic carbocycles. The van der Waals surface area contributed by atoms with Crippen molar-refractivity contribution >= 4 is 39.9 Å². The van der Waals surface area contributed by atoms with Gasteiger partial charge in [0.1, 0.15) is 5.15 Å². The smallest absolute Gasteiger partial charge is 0.131 e. The molecule has 5 heteroatoms. The highest BCUT2D eigenvalue weighted by Crippen LogP contribution is 2.32. The first-order valence-corrected chi connectivity index (χ1v) is 7.62. The molecule has 0 bridgehead atoms. The lowest BCUT2D eigenvalue weighted by Gasteiger charge is -2.39. The van der Waals surface area contributed by atoms with Crippen LogP contribution in [0.4, 0.5) is 5.69 Å². The second-order valence-electron chi connectivity index (χ2n) is 5.37. The van der Waals surface area contributed by atoms with Crippen LogP contribution in [0, 0.1) is 9.49 Å². The summed E-state index contributed by atoms with van der Waals surface area (Å²) < 4.78 is 1.12. The molecule has 0 saturated carbocycles. The molecule has 1 N–H and O–H groups in total. The summed E-state index contributed by atoms with van der Waals surface area (Å²) in [6.07, 6.45) is 3.83. The molecular formula is C13H18ClIN2O. The van der Waals surface area contributed by atoms with Crippen LogP contribution in [-0.2, 0) is 0 Å². The van der Waals surface area contributed by atoms with E-state index in [4.69, 9.17) is 11.6 Å². The molecule has 3 nitrogen and oxygen atoms in total. The van der Waals surface area contributed by atoms with E-state index in [-0.39, 0.29) is 0 Å². The third kappa shape index (κ3) is 3.27. The van der Waals surface area contributed by atoms with Crippen LogP contribution in [0.1, 0.15) is 26.7 Å². The van der Waals surface area contributed by atoms with Gasteiger partial charge in [0.15, 0.2) is 0 Å². The van der Waals surface area contributed by atoms with Crippen LogP contribution in [0.2, 0.25) is 5.15 Å². The zero-order chi connectivity index (χ0) is 13.3. The lowest BCUT2D eigenvalue weighted by atomic mass is 9.83. The van der Waals surface area contributed by atoms with Gasteiger partial charge in [-0.05, 0) is 61.3 Å². The van der Waals surface area contributed by atoms with E-state index in [0.29, 0.717) is 11.1 Å². The van der Waals surface area contributed by atoms with Crippen molar-refractivity contribution in [2.45, 2.75) is 32.3 Å². The highest BCUT2D eigenvalue weighted by Gasteiger charge is 2.30. The van der Waals surface area contributed by atoms with E-state index in [1.54, 1.807) is 6.20 Å². The molecule has 2 rings (SSSR count). The Hall–Kier alpha value is -0.0700. The van der Waals surface area contributed by atoms with Crippen LogP contribution in [0.25, 0.3) is 0 Å². The standard InChI is InChI=1S/C13H18ClIN2O/c1-13(2,18)9-3-5-17(6-4-9)11-7-12(14)16-8-10(11)15/h7-9,18H,3-6H2,1-2H3. The number of nitrogens with zero attached hydrogens (tertiary/aromatic N) is 2. The summed E-state index contributed by atoms with van der Waals surface area (Å²) >= 11 is 8.24. The minimum absolute atomic E-state index is 0.378. The fourth-order valence-corrected chi connectivity index (χ4v) is 3.26. The van der Waals surface area contributed by atoms with Gasteiger partial charge in [0.2, 0.25) is 0 Å². The third-order valence-corrected chi connectivity index (χ3v) is 4.67. The topological polar surface area (TPSA) is 36.4 Å². The predicted octanol–water partition coefficient (Wildman–Crippen LogP) is 3.33. The Bertz CT molecular complexity index is 425. The van der Waals surface area contributed by atoms with Gasteiger partial charge in [-0.15, -0.1) is 0 Å². The molecule has 100 valence electrons. The molecule has 0 amide bonds. The highest BCUT2D eigenvalue weighted by molar-refractivity contribution is 14.1. The molecule has 0 aliphatic carbocycles. The number of pyridine rings is 1. The number of hydrogen-bond donors (Lipinski definition) is 1. The highest BCUT2D eigenvalue weighted by atomic mass is 127. The molecule has 1 fully saturated rings. The zero-order valence-electron chi connectivity index (χ0n) is 10.7. The summed E-state index contributed by atoms with van der Waals surface area (Å²) in [4.78, 5) is 6.41. The van der Waals surface area contributed by atoms with E-state index in [1.807, 2.05) is 19.9 Å². The van der Waals surface area contributed by atoms with E-state index in [2.05, 4.69) is 32.5 Å². The summed E-state index contributed by atoms with van der Waals surface area (Å²) in [6, 6.07) is 1.92. The average molecular weight is 381 g/mol. The summed E-state index contributed by atoms with van der Waals surface area (Å²) in [5.41, 5.74) is 0.583. The molecule has 1 aliphatic heterocycles. The first-order chi connectivity index (χ1) is 8.38. The monoisotopic (exact) mass is 380 g/mol. The number of aromatic nitrogens is 1. The fraction of sp³-hybridized carbons (Fsp3) is 0.615. The van der Waals surface area contributed by atoms with E-state index < -0.39 is 5.60 Å². The molecular weight excluding hydrogens is 363 g/mol. The second-order valence-corrected chi connectivity index (χ2v) is 6.92. The number of aliphatic hydroxyl groups is 1. The molecule has 1 aliphatic rings.